The zero-order valence-electron chi connectivity index (χ0n) is 7.85. The number of halogens is 1. The Labute approximate surface area is 87.5 Å². The highest BCUT2D eigenvalue weighted by molar-refractivity contribution is 7.94. The Kier molecular flexibility index (Phi) is 2.48. The highest BCUT2D eigenvalue weighted by atomic mass is 32.2. The van der Waals surface area contributed by atoms with E-state index in [0.29, 0.717) is 5.69 Å². The number of para-hydroxylation sites is 1. The fraction of sp³-hybridized carbons (Fsp3) is 0.200. The van der Waals surface area contributed by atoms with Crippen molar-refractivity contribution in [2.75, 3.05) is 11.1 Å². The topological polar surface area (TPSA) is 46.2 Å². The number of hydrogen-bond donors (Lipinski definition) is 1. The van der Waals surface area contributed by atoms with E-state index in [0.717, 1.165) is 5.41 Å². The van der Waals surface area contributed by atoms with Crippen LogP contribution in [0.3, 0.4) is 0 Å². The van der Waals surface area contributed by atoms with Gasteiger partial charge in [-0.15, -0.1) is 0 Å². The average Bonchev–Trinajstić information content (AvgIpc) is 2.50. The minimum Gasteiger partial charge on any atom is -0.375 e. The van der Waals surface area contributed by atoms with Crippen molar-refractivity contribution in [3.05, 3.63) is 41.6 Å². The molecule has 0 radical (unpaired) electrons. The maximum absolute atomic E-state index is 13.2. The summed E-state index contributed by atoms with van der Waals surface area (Å²) in [7, 11) is -3.09. The zero-order chi connectivity index (χ0) is 10.9. The van der Waals surface area contributed by atoms with Crippen molar-refractivity contribution < 1.29 is 12.8 Å². The van der Waals surface area contributed by atoms with Crippen molar-refractivity contribution in [1.29, 1.82) is 0 Å². The second-order valence-corrected chi connectivity index (χ2v) is 5.32. The quantitative estimate of drug-likeness (QED) is 0.833. The van der Waals surface area contributed by atoms with Crippen LogP contribution in [0.25, 0.3) is 0 Å². The smallest absolute Gasteiger partial charge is 0.173 e. The summed E-state index contributed by atoms with van der Waals surface area (Å²) < 4.78 is 35.4. The van der Waals surface area contributed by atoms with E-state index in [1.807, 2.05) is 0 Å². The van der Waals surface area contributed by atoms with Gasteiger partial charge in [0.1, 0.15) is 5.82 Å². The fourth-order valence-corrected chi connectivity index (χ4v) is 2.68. The van der Waals surface area contributed by atoms with Crippen LogP contribution in [0.5, 0.6) is 0 Å². The Hall–Kier alpha value is -1.36. The van der Waals surface area contributed by atoms with Crippen LogP contribution in [0.2, 0.25) is 0 Å². The summed E-state index contributed by atoms with van der Waals surface area (Å²) >= 11 is 0. The lowest BCUT2D eigenvalue weighted by Crippen LogP contribution is -2.21. The Morgan fingerprint density at radius 3 is 2.67 bits per heavy atom. The lowest BCUT2D eigenvalue weighted by atomic mass is 10.2. The largest absolute Gasteiger partial charge is 0.375 e. The van der Waals surface area contributed by atoms with Crippen molar-refractivity contribution in [1.82, 2.24) is 0 Å². The molecule has 0 saturated heterocycles. The Balaban J connectivity index is 2.12. The first-order chi connectivity index (χ1) is 7.07. The molecule has 80 valence electrons. The summed E-state index contributed by atoms with van der Waals surface area (Å²) in [6, 6.07) is 5.84. The molecule has 15 heavy (non-hydrogen) atoms. The van der Waals surface area contributed by atoms with E-state index in [1.165, 1.54) is 12.1 Å². The Morgan fingerprint density at radius 2 is 2.07 bits per heavy atom. The molecule has 1 aromatic rings. The van der Waals surface area contributed by atoms with E-state index >= 15 is 0 Å². The lowest BCUT2D eigenvalue weighted by molar-refractivity contribution is 0.604. The summed E-state index contributed by atoms with van der Waals surface area (Å²) in [6.45, 7) is 0. The fourth-order valence-electron chi connectivity index (χ4n) is 1.44. The van der Waals surface area contributed by atoms with Gasteiger partial charge in [0.2, 0.25) is 0 Å². The molecule has 2 rings (SSSR count). The molecular formula is C10H10FNO2S. The maximum Gasteiger partial charge on any atom is 0.173 e. The molecular weight excluding hydrogens is 217 g/mol. The van der Waals surface area contributed by atoms with E-state index in [9.17, 15) is 12.8 Å². The molecule has 0 amide bonds. The second-order valence-electron chi connectivity index (χ2n) is 3.39. The van der Waals surface area contributed by atoms with Gasteiger partial charge in [-0.3, -0.25) is 0 Å². The van der Waals surface area contributed by atoms with Gasteiger partial charge in [0.05, 0.1) is 17.5 Å². The normalized spacial score (nSPS) is 22.9. The Bertz CT molecular complexity index is 496. The third-order valence-corrected chi connectivity index (χ3v) is 3.54. The molecule has 0 aliphatic carbocycles. The highest BCUT2D eigenvalue weighted by Crippen LogP contribution is 2.17. The van der Waals surface area contributed by atoms with Crippen molar-refractivity contribution >= 4 is 15.5 Å². The van der Waals surface area contributed by atoms with Gasteiger partial charge in [0, 0.05) is 5.41 Å². The van der Waals surface area contributed by atoms with Gasteiger partial charge < -0.3 is 5.32 Å². The third kappa shape index (κ3) is 2.36. The zero-order valence-corrected chi connectivity index (χ0v) is 8.67. The number of anilines is 1. The van der Waals surface area contributed by atoms with Crippen molar-refractivity contribution in [3.63, 3.8) is 0 Å². The van der Waals surface area contributed by atoms with Crippen molar-refractivity contribution in [2.45, 2.75) is 6.04 Å². The van der Waals surface area contributed by atoms with E-state index in [-0.39, 0.29) is 17.6 Å². The SMILES string of the molecule is O=S1(=O)C=C[C@@H](Nc2ccccc2F)C1. The number of sulfone groups is 1. The molecule has 1 aromatic carbocycles. The van der Waals surface area contributed by atoms with Crippen LogP contribution in [-0.2, 0) is 9.84 Å². The average molecular weight is 227 g/mol. The van der Waals surface area contributed by atoms with Crippen LogP contribution in [0.15, 0.2) is 35.7 Å². The third-order valence-electron chi connectivity index (χ3n) is 2.14. The van der Waals surface area contributed by atoms with Gasteiger partial charge in [-0.1, -0.05) is 18.2 Å². The van der Waals surface area contributed by atoms with Crippen molar-refractivity contribution in [2.24, 2.45) is 0 Å². The number of nitrogens with one attached hydrogen (secondary N) is 1. The molecule has 1 atom stereocenters. The maximum atomic E-state index is 13.2. The molecule has 5 heteroatoms. The van der Waals surface area contributed by atoms with Gasteiger partial charge in [-0.25, -0.2) is 12.8 Å². The van der Waals surface area contributed by atoms with Crippen LogP contribution in [0, 0.1) is 5.82 Å². The van der Waals surface area contributed by atoms with Gasteiger partial charge in [-0.05, 0) is 12.1 Å². The molecule has 0 fully saturated rings. The first kappa shape index (κ1) is 10.2. The standard InChI is InChI=1S/C10H10FNO2S/c11-9-3-1-2-4-10(9)12-8-5-6-15(13,14)7-8/h1-6,8,12H,7H2/t8-/m1/s1. The van der Waals surface area contributed by atoms with Gasteiger partial charge in [0.15, 0.2) is 9.84 Å². The minimum atomic E-state index is -3.09. The first-order valence-electron chi connectivity index (χ1n) is 4.49. The van der Waals surface area contributed by atoms with E-state index in [2.05, 4.69) is 5.32 Å². The van der Waals surface area contributed by atoms with Gasteiger partial charge >= 0.3 is 0 Å². The van der Waals surface area contributed by atoms with Crippen LogP contribution >= 0.6 is 0 Å². The van der Waals surface area contributed by atoms with Crippen LogP contribution in [-0.4, -0.2) is 20.2 Å². The lowest BCUT2D eigenvalue weighted by Gasteiger charge is -2.11. The molecule has 1 heterocycles. The predicted molar refractivity (Wildman–Crippen MR) is 56.7 cm³/mol. The molecule has 1 aliphatic heterocycles. The van der Waals surface area contributed by atoms with Gasteiger partial charge in [0.25, 0.3) is 0 Å². The summed E-state index contributed by atoms with van der Waals surface area (Å²) in [5.74, 6) is -0.392. The number of benzene rings is 1. The molecule has 0 saturated carbocycles. The molecule has 1 N–H and O–H groups in total. The molecule has 0 unspecified atom stereocenters. The predicted octanol–water partition coefficient (Wildman–Crippen LogP) is 1.55. The summed E-state index contributed by atoms with van der Waals surface area (Å²) in [4.78, 5) is 0. The monoisotopic (exact) mass is 227 g/mol. The highest BCUT2D eigenvalue weighted by Gasteiger charge is 2.21. The molecule has 3 nitrogen and oxygen atoms in total. The van der Waals surface area contributed by atoms with Gasteiger partial charge in [-0.2, -0.15) is 0 Å². The second kappa shape index (κ2) is 3.66. The summed E-state index contributed by atoms with van der Waals surface area (Å²) in [6.07, 6.45) is 1.53. The number of hydrogen-bond acceptors (Lipinski definition) is 3. The van der Waals surface area contributed by atoms with Crippen molar-refractivity contribution in [3.8, 4) is 0 Å². The first-order valence-corrected chi connectivity index (χ1v) is 6.20. The van der Waals surface area contributed by atoms with E-state index in [1.54, 1.807) is 18.2 Å². The minimum absolute atomic E-state index is 0.0126. The Morgan fingerprint density at radius 1 is 1.33 bits per heavy atom. The van der Waals surface area contributed by atoms with E-state index < -0.39 is 9.84 Å². The van der Waals surface area contributed by atoms with Crippen LogP contribution < -0.4 is 5.32 Å². The summed E-state index contributed by atoms with van der Waals surface area (Å²) in [5.41, 5.74) is 0.323. The molecule has 0 aromatic heterocycles. The molecule has 1 aliphatic rings. The molecule has 0 spiro atoms. The van der Waals surface area contributed by atoms with Crippen LogP contribution in [0.1, 0.15) is 0 Å². The number of rotatable bonds is 2. The van der Waals surface area contributed by atoms with Crippen LogP contribution in [0.4, 0.5) is 10.1 Å². The van der Waals surface area contributed by atoms with E-state index in [4.69, 9.17) is 0 Å². The summed E-state index contributed by atoms with van der Waals surface area (Å²) in [5, 5.41) is 3.98. The molecule has 0 bridgehead atoms.